The maximum Gasteiger partial charge on any atom is 0.124 e. The van der Waals surface area contributed by atoms with E-state index in [1.54, 1.807) is 6.08 Å². The summed E-state index contributed by atoms with van der Waals surface area (Å²) in [6, 6.07) is 13.6. The van der Waals surface area contributed by atoms with Crippen LogP contribution < -0.4 is 10.1 Å². The van der Waals surface area contributed by atoms with E-state index in [0.717, 1.165) is 21.5 Å². The van der Waals surface area contributed by atoms with Gasteiger partial charge in [0.05, 0.1) is 5.69 Å². The van der Waals surface area contributed by atoms with Gasteiger partial charge in [-0.3, -0.25) is 0 Å². The Morgan fingerprint density at radius 3 is 2.85 bits per heavy atom. The first-order valence-corrected chi connectivity index (χ1v) is 7.38. The van der Waals surface area contributed by atoms with E-state index in [0.29, 0.717) is 18.2 Å². The Labute approximate surface area is 132 Å². The smallest absolute Gasteiger partial charge is 0.124 e. The lowest BCUT2D eigenvalue weighted by atomic mass is 10.2. The summed E-state index contributed by atoms with van der Waals surface area (Å²) in [5.41, 5.74) is 2.04. The molecule has 4 heteroatoms. The number of hydrogen-bond acceptors (Lipinski definition) is 2. The van der Waals surface area contributed by atoms with Crippen LogP contribution in [0.2, 0.25) is 5.02 Å². The normalized spacial score (nSPS) is 10.1. The molecule has 0 aliphatic rings. The fourth-order valence-electron chi connectivity index (χ4n) is 1.76. The van der Waals surface area contributed by atoms with E-state index in [-0.39, 0.29) is 0 Å². The van der Waals surface area contributed by atoms with E-state index in [1.807, 2.05) is 42.5 Å². The number of benzene rings is 2. The zero-order valence-electron chi connectivity index (χ0n) is 10.9. The van der Waals surface area contributed by atoms with Crippen LogP contribution in [0.4, 0.5) is 5.69 Å². The van der Waals surface area contributed by atoms with Crippen LogP contribution in [0.15, 0.2) is 59.6 Å². The topological polar surface area (TPSA) is 21.3 Å². The zero-order chi connectivity index (χ0) is 14.4. The van der Waals surface area contributed by atoms with Crippen molar-refractivity contribution in [1.29, 1.82) is 0 Å². The second-order valence-electron chi connectivity index (χ2n) is 4.19. The molecule has 20 heavy (non-hydrogen) atoms. The lowest BCUT2D eigenvalue weighted by Gasteiger charge is -2.13. The van der Waals surface area contributed by atoms with Gasteiger partial charge >= 0.3 is 0 Å². The molecule has 0 heterocycles. The van der Waals surface area contributed by atoms with Gasteiger partial charge in [-0.1, -0.05) is 42.5 Å². The van der Waals surface area contributed by atoms with Gasteiger partial charge in [-0.15, -0.1) is 0 Å². The van der Waals surface area contributed by atoms with Gasteiger partial charge in [0.1, 0.15) is 12.4 Å². The molecule has 1 N–H and O–H groups in total. The number of ether oxygens (including phenoxy) is 1. The van der Waals surface area contributed by atoms with Crippen molar-refractivity contribution in [3.05, 3.63) is 70.2 Å². The standard InChI is InChI=1S/C16H15BrClNO/c1-2-9-20-16-6-4-3-5-12(16)11-19-15-10-13(18)7-8-14(15)17/h2-8,10,19H,1,9,11H2. The molecule has 0 saturated carbocycles. The molecule has 0 fully saturated rings. The molecule has 0 atom stereocenters. The molecule has 2 nitrogen and oxygen atoms in total. The third kappa shape index (κ3) is 4.02. The van der Waals surface area contributed by atoms with Crippen molar-refractivity contribution in [2.24, 2.45) is 0 Å². The van der Waals surface area contributed by atoms with Gasteiger partial charge < -0.3 is 10.1 Å². The third-order valence-corrected chi connectivity index (χ3v) is 3.65. The molecular formula is C16H15BrClNO. The zero-order valence-corrected chi connectivity index (χ0v) is 13.2. The lowest BCUT2D eigenvalue weighted by Crippen LogP contribution is -2.03. The van der Waals surface area contributed by atoms with E-state index in [1.165, 1.54) is 0 Å². The summed E-state index contributed by atoms with van der Waals surface area (Å²) in [5.74, 6) is 0.859. The predicted molar refractivity (Wildman–Crippen MR) is 88.6 cm³/mol. The Morgan fingerprint density at radius 1 is 1.25 bits per heavy atom. The molecule has 2 aromatic rings. The fourth-order valence-corrected chi connectivity index (χ4v) is 2.32. The average Bonchev–Trinajstić information content (AvgIpc) is 2.47. The summed E-state index contributed by atoms with van der Waals surface area (Å²) in [6.45, 7) is 4.82. The Morgan fingerprint density at radius 2 is 2.05 bits per heavy atom. The molecule has 0 amide bonds. The highest BCUT2D eigenvalue weighted by Crippen LogP contribution is 2.27. The molecule has 104 valence electrons. The number of halogens is 2. The van der Waals surface area contributed by atoms with Gasteiger partial charge in [-0.2, -0.15) is 0 Å². The minimum Gasteiger partial charge on any atom is -0.489 e. The second kappa shape index (κ2) is 7.36. The molecule has 0 aliphatic heterocycles. The number of anilines is 1. The van der Waals surface area contributed by atoms with Crippen molar-refractivity contribution < 1.29 is 4.74 Å². The average molecular weight is 353 g/mol. The minimum absolute atomic E-state index is 0.498. The third-order valence-electron chi connectivity index (χ3n) is 2.73. The molecule has 2 rings (SSSR count). The van der Waals surface area contributed by atoms with Crippen molar-refractivity contribution in [2.45, 2.75) is 6.54 Å². The van der Waals surface area contributed by atoms with Gasteiger partial charge in [-0.25, -0.2) is 0 Å². The lowest BCUT2D eigenvalue weighted by molar-refractivity contribution is 0.359. The number of hydrogen-bond donors (Lipinski definition) is 1. The van der Waals surface area contributed by atoms with E-state index < -0.39 is 0 Å². The first kappa shape index (κ1) is 14.9. The van der Waals surface area contributed by atoms with Crippen LogP contribution >= 0.6 is 27.5 Å². The molecule has 0 unspecified atom stereocenters. The van der Waals surface area contributed by atoms with Crippen LogP contribution in [0.3, 0.4) is 0 Å². The Balaban J connectivity index is 2.10. The predicted octanol–water partition coefficient (Wildman–Crippen LogP) is 5.28. The molecule has 0 aliphatic carbocycles. The molecule has 0 bridgehead atoms. The maximum absolute atomic E-state index is 6.00. The monoisotopic (exact) mass is 351 g/mol. The van der Waals surface area contributed by atoms with Crippen LogP contribution in [-0.4, -0.2) is 6.61 Å². The number of nitrogens with one attached hydrogen (secondary N) is 1. The van der Waals surface area contributed by atoms with Crippen molar-refractivity contribution >= 4 is 33.2 Å². The molecule has 2 aromatic carbocycles. The van der Waals surface area contributed by atoms with Crippen LogP contribution in [0.25, 0.3) is 0 Å². The minimum atomic E-state index is 0.498. The summed E-state index contributed by atoms with van der Waals surface area (Å²) in [4.78, 5) is 0. The van der Waals surface area contributed by atoms with E-state index in [2.05, 4.69) is 27.8 Å². The van der Waals surface area contributed by atoms with Crippen LogP contribution in [0.1, 0.15) is 5.56 Å². The second-order valence-corrected chi connectivity index (χ2v) is 5.48. The fraction of sp³-hybridized carbons (Fsp3) is 0.125. The summed E-state index contributed by atoms with van der Waals surface area (Å²) >= 11 is 9.50. The number of rotatable bonds is 6. The van der Waals surface area contributed by atoms with Gasteiger partial charge in [0.15, 0.2) is 0 Å². The molecule has 0 saturated heterocycles. The van der Waals surface area contributed by atoms with E-state index >= 15 is 0 Å². The van der Waals surface area contributed by atoms with E-state index in [9.17, 15) is 0 Å². The van der Waals surface area contributed by atoms with Crippen molar-refractivity contribution in [3.8, 4) is 5.75 Å². The first-order valence-electron chi connectivity index (χ1n) is 6.21. The highest BCUT2D eigenvalue weighted by Gasteiger charge is 2.04. The Hall–Kier alpha value is -1.45. The SMILES string of the molecule is C=CCOc1ccccc1CNc1cc(Cl)ccc1Br. The molecule has 0 aromatic heterocycles. The van der Waals surface area contributed by atoms with Crippen molar-refractivity contribution in [3.63, 3.8) is 0 Å². The molecule has 0 spiro atoms. The summed E-state index contributed by atoms with van der Waals surface area (Å²) in [5, 5.41) is 4.05. The Bertz CT molecular complexity index is 601. The van der Waals surface area contributed by atoms with Gasteiger partial charge in [-0.05, 0) is 40.2 Å². The molecule has 0 radical (unpaired) electrons. The van der Waals surface area contributed by atoms with Crippen molar-refractivity contribution in [2.75, 3.05) is 11.9 Å². The summed E-state index contributed by atoms with van der Waals surface area (Å²) < 4.78 is 6.61. The van der Waals surface area contributed by atoms with Gasteiger partial charge in [0.25, 0.3) is 0 Å². The quantitative estimate of drug-likeness (QED) is 0.714. The summed E-state index contributed by atoms with van der Waals surface area (Å²) in [7, 11) is 0. The van der Waals surface area contributed by atoms with Crippen LogP contribution in [0, 0.1) is 0 Å². The largest absolute Gasteiger partial charge is 0.489 e. The van der Waals surface area contributed by atoms with Crippen molar-refractivity contribution in [1.82, 2.24) is 0 Å². The number of para-hydroxylation sites is 1. The molecular weight excluding hydrogens is 338 g/mol. The maximum atomic E-state index is 6.00. The summed E-state index contributed by atoms with van der Waals surface area (Å²) in [6.07, 6.45) is 1.73. The highest BCUT2D eigenvalue weighted by atomic mass is 79.9. The highest BCUT2D eigenvalue weighted by molar-refractivity contribution is 9.10. The van der Waals surface area contributed by atoms with Gasteiger partial charge in [0.2, 0.25) is 0 Å². The van der Waals surface area contributed by atoms with Gasteiger partial charge in [0, 0.05) is 21.6 Å². The van der Waals surface area contributed by atoms with Crippen LogP contribution in [0.5, 0.6) is 5.75 Å². The van der Waals surface area contributed by atoms with E-state index in [4.69, 9.17) is 16.3 Å². The van der Waals surface area contributed by atoms with Crippen LogP contribution in [-0.2, 0) is 6.54 Å². The first-order chi connectivity index (χ1) is 9.70. The Kier molecular flexibility index (Phi) is 5.50.